The van der Waals surface area contributed by atoms with E-state index in [-0.39, 0.29) is 0 Å². The van der Waals surface area contributed by atoms with E-state index in [0.717, 1.165) is 33.4 Å². The van der Waals surface area contributed by atoms with Crippen molar-refractivity contribution in [2.45, 2.75) is 13.5 Å². The van der Waals surface area contributed by atoms with E-state index in [1.165, 1.54) is 11.3 Å². The first-order valence-electron chi connectivity index (χ1n) is 6.28. The van der Waals surface area contributed by atoms with Crippen molar-refractivity contribution in [1.82, 2.24) is 4.98 Å². The molecular weight excluding hydrogens is 292 g/mol. The number of nitrogens with one attached hydrogen (secondary N) is 1. The van der Waals surface area contributed by atoms with Gasteiger partial charge in [0.15, 0.2) is 0 Å². The van der Waals surface area contributed by atoms with Crippen LogP contribution in [0, 0.1) is 0 Å². The van der Waals surface area contributed by atoms with Crippen molar-refractivity contribution < 1.29 is 4.57 Å². The summed E-state index contributed by atoms with van der Waals surface area (Å²) in [6.07, 6.45) is 0. The number of aromatic nitrogens is 2. The fraction of sp³-hybridized carbons (Fsp3) is 0.143. The number of hydrogen-bond donors (Lipinski definition) is 2. The molecule has 0 fully saturated rings. The molecule has 4 nitrogen and oxygen atoms in total. The lowest BCUT2D eigenvalue weighted by Crippen LogP contribution is -2.36. The minimum Gasteiger partial charge on any atom is -0.383 e. The van der Waals surface area contributed by atoms with Crippen LogP contribution in [0.25, 0.3) is 10.9 Å². The van der Waals surface area contributed by atoms with E-state index in [2.05, 4.69) is 27.9 Å². The second-order valence-corrected chi connectivity index (χ2v) is 5.61. The van der Waals surface area contributed by atoms with Crippen LogP contribution in [-0.4, -0.2) is 4.98 Å². The van der Waals surface area contributed by atoms with Gasteiger partial charge in [0.25, 0.3) is 10.9 Å². The molecule has 0 radical (unpaired) electrons. The first-order valence-corrected chi connectivity index (χ1v) is 7.54. The molecule has 102 valence electrons. The molecule has 0 saturated carbocycles. The molecule has 2 aromatic heterocycles. The van der Waals surface area contributed by atoms with E-state index >= 15 is 0 Å². The van der Waals surface area contributed by atoms with Gasteiger partial charge in [0.2, 0.25) is 0 Å². The van der Waals surface area contributed by atoms with Crippen molar-refractivity contribution in [3.8, 4) is 0 Å². The molecule has 0 aliphatic carbocycles. The molecule has 0 aliphatic heterocycles. The first kappa shape index (κ1) is 13.1. The SMILES string of the molecule is CC[n+]1c(Nc2nc(N)cs2)cc(Cl)c2ccccc21. The Labute approximate surface area is 125 Å². The molecule has 3 aromatic rings. The average Bonchev–Trinajstić information content (AvgIpc) is 2.85. The topological polar surface area (TPSA) is 54.8 Å². The van der Waals surface area contributed by atoms with Crippen molar-refractivity contribution in [1.29, 1.82) is 0 Å². The average molecular weight is 306 g/mol. The van der Waals surface area contributed by atoms with Gasteiger partial charge < -0.3 is 5.73 Å². The number of nitrogens with two attached hydrogens (primary N) is 1. The highest BCUT2D eigenvalue weighted by Gasteiger charge is 2.17. The summed E-state index contributed by atoms with van der Waals surface area (Å²) in [5.41, 5.74) is 6.74. The van der Waals surface area contributed by atoms with Gasteiger partial charge in [-0.1, -0.05) is 35.1 Å². The number of halogens is 1. The molecule has 0 bridgehead atoms. The Kier molecular flexibility index (Phi) is 3.46. The fourth-order valence-corrected chi connectivity index (χ4v) is 3.08. The summed E-state index contributed by atoms with van der Waals surface area (Å²) in [5, 5.41) is 7.61. The van der Waals surface area contributed by atoms with Crippen molar-refractivity contribution >= 4 is 50.6 Å². The van der Waals surface area contributed by atoms with Gasteiger partial charge in [-0.15, -0.1) is 0 Å². The van der Waals surface area contributed by atoms with Gasteiger partial charge in [-0.25, -0.2) is 9.88 Å². The first-order chi connectivity index (χ1) is 9.69. The molecule has 3 rings (SSSR count). The van der Waals surface area contributed by atoms with E-state index in [4.69, 9.17) is 17.3 Å². The van der Waals surface area contributed by atoms with Crippen LogP contribution < -0.4 is 15.6 Å². The molecule has 0 saturated heterocycles. The van der Waals surface area contributed by atoms with Gasteiger partial charge in [0.05, 0.1) is 11.6 Å². The quantitative estimate of drug-likeness (QED) is 0.727. The maximum Gasteiger partial charge on any atom is 0.283 e. The second kappa shape index (κ2) is 5.26. The number of nitrogens with zero attached hydrogens (tertiary/aromatic N) is 2. The van der Waals surface area contributed by atoms with Gasteiger partial charge in [0.1, 0.15) is 11.3 Å². The maximum absolute atomic E-state index is 6.37. The lowest BCUT2D eigenvalue weighted by Gasteiger charge is -2.09. The van der Waals surface area contributed by atoms with E-state index in [0.29, 0.717) is 5.82 Å². The number of thiazole rings is 1. The molecule has 6 heteroatoms. The van der Waals surface area contributed by atoms with Crippen molar-refractivity contribution in [2.24, 2.45) is 0 Å². The monoisotopic (exact) mass is 305 g/mol. The van der Waals surface area contributed by atoms with Crippen LogP contribution in [0.5, 0.6) is 0 Å². The molecule has 3 N–H and O–H groups in total. The summed E-state index contributed by atoms with van der Waals surface area (Å²) < 4.78 is 2.17. The number of rotatable bonds is 3. The van der Waals surface area contributed by atoms with Crippen molar-refractivity contribution in [2.75, 3.05) is 11.1 Å². The van der Waals surface area contributed by atoms with E-state index < -0.39 is 0 Å². The van der Waals surface area contributed by atoms with Crippen LogP contribution >= 0.6 is 22.9 Å². The van der Waals surface area contributed by atoms with Gasteiger partial charge in [-0.2, -0.15) is 4.98 Å². The molecule has 0 aliphatic rings. The summed E-state index contributed by atoms with van der Waals surface area (Å²) in [5.74, 6) is 1.43. The molecular formula is C14H14ClN4S+. The van der Waals surface area contributed by atoms with Crippen LogP contribution in [0.2, 0.25) is 5.02 Å². The lowest BCUT2D eigenvalue weighted by molar-refractivity contribution is -0.653. The number of anilines is 3. The lowest BCUT2D eigenvalue weighted by atomic mass is 10.2. The number of fused-ring (bicyclic) bond motifs is 1. The third-order valence-corrected chi connectivity index (χ3v) is 4.17. The molecule has 0 atom stereocenters. The molecule has 0 unspecified atom stereocenters. The molecule has 0 spiro atoms. The zero-order valence-electron chi connectivity index (χ0n) is 10.9. The highest BCUT2D eigenvalue weighted by Crippen LogP contribution is 2.26. The Morgan fingerprint density at radius 2 is 2.20 bits per heavy atom. The molecule has 1 aromatic carbocycles. The van der Waals surface area contributed by atoms with Gasteiger partial charge in [-0.3, -0.25) is 0 Å². The van der Waals surface area contributed by atoms with Crippen LogP contribution in [0.4, 0.5) is 16.8 Å². The number of aryl methyl sites for hydroxylation is 1. The van der Waals surface area contributed by atoms with Crippen LogP contribution in [0.3, 0.4) is 0 Å². The Bertz CT molecular complexity index is 769. The summed E-state index contributed by atoms with van der Waals surface area (Å²) >= 11 is 7.84. The predicted molar refractivity (Wildman–Crippen MR) is 84.6 cm³/mol. The molecule has 20 heavy (non-hydrogen) atoms. The maximum atomic E-state index is 6.37. The van der Waals surface area contributed by atoms with Crippen LogP contribution in [0.15, 0.2) is 35.7 Å². The Morgan fingerprint density at radius 1 is 1.40 bits per heavy atom. The molecule has 0 amide bonds. The summed E-state index contributed by atoms with van der Waals surface area (Å²) in [6, 6.07) is 10.0. The molecule has 2 heterocycles. The third kappa shape index (κ3) is 2.30. The summed E-state index contributed by atoms with van der Waals surface area (Å²) in [7, 11) is 0. The Morgan fingerprint density at radius 3 is 2.90 bits per heavy atom. The van der Waals surface area contributed by atoms with E-state index in [1.54, 1.807) is 5.38 Å². The van der Waals surface area contributed by atoms with Crippen LogP contribution in [0.1, 0.15) is 6.92 Å². The highest BCUT2D eigenvalue weighted by atomic mass is 35.5. The number of pyridine rings is 1. The van der Waals surface area contributed by atoms with Crippen LogP contribution in [-0.2, 0) is 6.54 Å². The van der Waals surface area contributed by atoms with Gasteiger partial charge in [-0.05, 0) is 19.1 Å². The largest absolute Gasteiger partial charge is 0.383 e. The van der Waals surface area contributed by atoms with Gasteiger partial charge >= 0.3 is 0 Å². The normalized spacial score (nSPS) is 10.9. The predicted octanol–water partition coefficient (Wildman–Crippen LogP) is 3.58. The third-order valence-electron chi connectivity index (χ3n) is 3.08. The minimum atomic E-state index is 0.521. The number of nitrogen functional groups attached to an aromatic ring is 1. The van der Waals surface area contributed by atoms with Gasteiger partial charge in [0, 0.05) is 16.8 Å². The fourth-order valence-electron chi connectivity index (χ4n) is 2.21. The zero-order chi connectivity index (χ0) is 14.1. The highest BCUT2D eigenvalue weighted by molar-refractivity contribution is 7.14. The standard InChI is InChI=1S/C14H13ClN4S/c1-2-19-11-6-4-3-5-9(11)10(15)7-13(19)18-14-17-12(16)8-20-14/h3-8H,2,16H2,1H3/p+1. The van der Waals surface area contributed by atoms with Crippen molar-refractivity contribution in [3.05, 3.63) is 40.7 Å². The summed E-state index contributed by atoms with van der Waals surface area (Å²) in [4.78, 5) is 4.22. The second-order valence-electron chi connectivity index (χ2n) is 4.34. The zero-order valence-corrected chi connectivity index (χ0v) is 12.5. The Balaban J connectivity index is 2.15. The minimum absolute atomic E-state index is 0.521. The van der Waals surface area contributed by atoms with Crippen molar-refractivity contribution in [3.63, 3.8) is 0 Å². The van der Waals surface area contributed by atoms with E-state index in [1.807, 2.05) is 24.3 Å². The number of hydrogen-bond acceptors (Lipinski definition) is 4. The smallest absolute Gasteiger partial charge is 0.283 e. The Hall–Kier alpha value is -1.85. The number of para-hydroxylation sites is 1. The number of benzene rings is 1. The summed E-state index contributed by atoms with van der Waals surface area (Å²) in [6.45, 7) is 2.93. The van der Waals surface area contributed by atoms with E-state index in [9.17, 15) is 0 Å².